The van der Waals surface area contributed by atoms with Crippen molar-refractivity contribution < 1.29 is 22.4 Å². The Morgan fingerprint density at radius 3 is 2.44 bits per heavy atom. The summed E-state index contributed by atoms with van der Waals surface area (Å²) in [6, 6.07) is 11.7. The van der Waals surface area contributed by atoms with Gasteiger partial charge in [-0.2, -0.15) is 13.2 Å². The number of rotatable bonds is 6. The van der Waals surface area contributed by atoms with Crippen molar-refractivity contribution in [1.82, 2.24) is 20.1 Å². The molecule has 2 fully saturated rings. The monoisotopic (exact) mass is 609 g/mol. The van der Waals surface area contributed by atoms with Crippen molar-refractivity contribution in [3.05, 3.63) is 92.8 Å². The molecule has 1 amide bonds. The van der Waals surface area contributed by atoms with Crippen LogP contribution in [0.4, 0.5) is 23.4 Å². The number of anilines is 1. The highest BCUT2D eigenvalue weighted by Crippen LogP contribution is 2.36. The molecule has 1 N–H and O–H groups in total. The van der Waals surface area contributed by atoms with Gasteiger partial charge in [0.25, 0.3) is 5.91 Å². The van der Waals surface area contributed by atoms with Crippen LogP contribution < -0.4 is 10.2 Å². The Kier molecular flexibility index (Phi) is 8.75. The number of amides is 1. The average molecular weight is 610 g/mol. The van der Waals surface area contributed by atoms with Gasteiger partial charge in [0.2, 0.25) is 0 Å². The molecule has 5 rings (SSSR count). The quantitative estimate of drug-likeness (QED) is 0.364. The largest absolute Gasteiger partial charge is 0.419 e. The summed E-state index contributed by atoms with van der Waals surface area (Å²) in [4.78, 5) is 23.9. The molecular formula is C29H29Cl2F4N5O. The first-order valence-corrected chi connectivity index (χ1v) is 14.0. The number of aromatic nitrogens is 1. The normalized spacial score (nSPS) is 19.7. The summed E-state index contributed by atoms with van der Waals surface area (Å²) in [5.41, 5.74) is 0.428. The molecule has 3 aromatic rings. The summed E-state index contributed by atoms with van der Waals surface area (Å²) in [6.07, 6.45) is -3.17. The molecule has 0 bridgehead atoms. The van der Waals surface area contributed by atoms with E-state index in [4.69, 9.17) is 23.2 Å². The van der Waals surface area contributed by atoms with E-state index < -0.39 is 17.6 Å². The number of halogens is 6. The molecule has 0 unspecified atom stereocenters. The van der Waals surface area contributed by atoms with Crippen molar-refractivity contribution in [3.8, 4) is 0 Å². The lowest BCUT2D eigenvalue weighted by molar-refractivity contribution is -0.140. The number of piperazine rings is 1. The van der Waals surface area contributed by atoms with E-state index >= 15 is 0 Å². The summed E-state index contributed by atoms with van der Waals surface area (Å²) in [6.45, 7) is 4.35. The van der Waals surface area contributed by atoms with E-state index in [-0.39, 0.29) is 24.4 Å². The molecule has 3 heterocycles. The number of nitrogens with one attached hydrogen (secondary N) is 1. The SMILES string of the molecule is CN(Cc1ccc(C(F)(F)F)c(F)c1)[C@H]1CN(C(=O)c2ccc(N3CCNCC3)nc2)C[C@@H]1c1ccc(Cl)c(Cl)c1. The standard InChI is InChI=1S/C29H29Cl2F4N5O/c1-38(15-18-2-5-22(25(32)12-18)29(33,34)35)26-17-40(16-21(26)19-3-6-23(30)24(31)13-19)28(41)20-4-7-27(37-14-20)39-10-8-36-9-11-39/h2-7,12-14,21,26,36H,8-11,15-17H2,1H3/t21-,26+/m1/s1. The Hall–Kier alpha value is -2.92. The summed E-state index contributed by atoms with van der Waals surface area (Å²) >= 11 is 12.5. The number of carbonyl (C=O) groups excluding carboxylic acids is 1. The summed E-state index contributed by atoms with van der Waals surface area (Å²) < 4.78 is 53.4. The first-order valence-electron chi connectivity index (χ1n) is 13.2. The van der Waals surface area contributed by atoms with Crippen LogP contribution in [0.15, 0.2) is 54.7 Å². The van der Waals surface area contributed by atoms with Gasteiger partial charge in [-0.1, -0.05) is 35.3 Å². The summed E-state index contributed by atoms with van der Waals surface area (Å²) in [5, 5.41) is 4.09. The lowest BCUT2D eigenvalue weighted by Crippen LogP contribution is -2.43. The lowest BCUT2D eigenvalue weighted by atomic mass is 9.93. The van der Waals surface area contributed by atoms with E-state index in [9.17, 15) is 22.4 Å². The Balaban J connectivity index is 1.37. The number of likely N-dealkylation sites (N-methyl/N-ethyl adjacent to an activating group) is 1. The van der Waals surface area contributed by atoms with Gasteiger partial charge in [0.05, 0.1) is 21.2 Å². The van der Waals surface area contributed by atoms with Gasteiger partial charge in [0, 0.05) is 64.0 Å². The van der Waals surface area contributed by atoms with E-state index in [1.165, 1.54) is 6.07 Å². The summed E-state index contributed by atoms with van der Waals surface area (Å²) in [5.74, 6) is -0.846. The number of carbonyl (C=O) groups is 1. The maximum Gasteiger partial charge on any atom is 0.419 e. The molecule has 2 atom stereocenters. The summed E-state index contributed by atoms with van der Waals surface area (Å²) in [7, 11) is 1.81. The lowest BCUT2D eigenvalue weighted by Gasteiger charge is -2.29. The van der Waals surface area contributed by atoms with Crippen LogP contribution in [-0.2, 0) is 12.7 Å². The second-order valence-electron chi connectivity index (χ2n) is 10.4. The number of hydrogen-bond donors (Lipinski definition) is 1. The zero-order chi connectivity index (χ0) is 29.3. The van der Waals surface area contributed by atoms with E-state index in [0.29, 0.717) is 34.3 Å². The van der Waals surface area contributed by atoms with Crippen molar-refractivity contribution in [2.45, 2.75) is 24.7 Å². The first-order chi connectivity index (χ1) is 19.5. The number of benzene rings is 2. The van der Waals surface area contributed by atoms with Crippen LogP contribution >= 0.6 is 23.2 Å². The molecule has 12 heteroatoms. The van der Waals surface area contributed by atoms with Gasteiger partial charge < -0.3 is 15.1 Å². The van der Waals surface area contributed by atoms with Crippen LogP contribution in [0.25, 0.3) is 0 Å². The minimum atomic E-state index is -4.77. The molecule has 218 valence electrons. The van der Waals surface area contributed by atoms with Crippen LogP contribution in [0.5, 0.6) is 0 Å². The van der Waals surface area contributed by atoms with Crippen LogP contribution in [-0.4, -0.2) is 73.0 Å². The predicted octanol–water partition coefficient (Wildman–Crippen LogP) is 5.70. The van der Waals surface area contributed by atoms with Gasteiger partial charge in [-0.3, -0.25) is 9.69 Å². The zero-order valence-corrected chi connectivity index (χ0v) is 23.8. The number of pyridine rings is 1. The molecule has 2 aliphatic heterocycles. The third-order valence-corrected chi connectivity index (χ3v) is 8.46. The fourth-order valence-electron chi connectivity index (χ4n) is 5.54. The fraction of sp³-hybridized carbons (Fsp3) is 0.379. The maximum atomic E-state index is 14.3. The molecule has 41 heavy (non-hydrogen) atoms. The molecule has 0 aliphatic carbocycles. The Bertz CT molecular complexity index is 1400. The van der Waals surface area contributed by atoms with E-state index in [1.54, 1.807) is 29.3 Å². The number of hydrogen-bond acceptors (Lipinski definition) is 5. The molecule has 0 saturated carbocycles. The van der Waals surface area contributed by atoms with E-state index in [2.05, 4.69) is 15.2 Å². The molecular weight excluding hydrogens is 581 g/mol. The van der Waals surface area contributed by atoms with Gasteiger partial charge in [-0.25, -0.2) is 9.37 Å². The highest BCUT2D eigenvalue weighted by atomic mass is 35.5. The Morgan fingerprint density at radius 1 is 1.05 bits per heavy atom. The van der Waals surface area contributed by atoms with Gasteiger partial charge in [-0.05, 0) is 54.6 Å². The maximum absolute atomic E-state index is 14.3. The molecule has 2 saturated heterocycles. The van der Waals surface area contributed by atoms with Gasteiger partial charge in [0.15, 0.2) is 0 Å². The van der Waals surface area contributed by atoms with Gasteiger partial charge in [0.1, 0.15) is 11.6 Å². The molecule has 6 nitrogen and oxygen atoms in total. The van der Waals surface area contributed by atoms with Crippen molar-refractivity contribution >= 4 is 34.9 Å². The van der Waals surface area contributed by atoms with E-state index in [1.807, 2.05) is 24.1 Å². The molecule has 0 radical (unpaired) electrons. The number of alkyl halides is 3. The van der Waals surface area contributed by atoms with Crippen molar-refractivity contribution in [2.24, 2.45) is 0 Å². The van der Waals surface area contributed by atoms with Crippen molar-refractivity contribution in [3.63, 3.8) is 0 Å². The second kappa shape index (κ2) is 12.1. The Morgan fingerprint density at radius 2 is 1.80 bits per heavy atom. The van der Waals surface area contributed by atoms with Gasteiger partial charge in [-0.15, -0.1) is 0 Å². The van der Waals surface area contributed by atoms with Crippen LogP contribution in [0.2, 0.25) is 10.0 Å². The smallest absolute Gasteiger partial charge is 0.354 e. The van der Waals surface area contributed by atoms with E-state index in [0.717, 1.165) is 49.7 Å². The molecule has 2 aromatic carbocycles. The fourth-order valence-corrected chi connectivity index (χ4v) is 5.84. The molecule has 1 aromatic heterocycles. The minimum absolute atomic E-state index is 0.175. The molecule has 0 spiro atoms. The zero-order valence-electron chi connectivity index (χ0n) is 22.3. The highest BCUT2D eigenvalue weighted by molar-refractivity contribution is 6.42. The topological polar surface area (TPSA) is 51.7 Å². The number of nitrogens with zero attached hydrogens (tertiary/aromatic N) is 4. The third-order valence-electron chi connectivity index (χ3n) is 7.72. The van der Waals surface area contributed by atoms with Gasteiger partial charge >= 0.3 is 6.18 Å². The van der Waals surface area contributed by atoms with Crippen LogP contribution in [0.1, 0.15) is 33.0 Å². The molecule has 2 aliphatic rings. The average Bonchev–Trinajstić information content (AvgIpc) is 3.40. The third kappa shape index (κ3) is 6.61. The number of likely N-dealkylation sites (tertiary alicyclic amines) is 1. The van der Waals surface area contributed by atoms with Crippen molar-refractivity contribution in [2.75, 3.05) is 51.2 Å². The minimum Gasteiger partial charge on any atom is -0.354 e. The predicted molar refractivity (Wildman–Crippen MR) is 151 cm³/mol. The van der Waals surface area contributed by atoms with Crippen molar-refractivity contribution in [1.29, 1.82) is 0 Å². The van der Waals surface area contributed by atoms with Crippen LogP contribution in [0.3, 0.4) is 0 Å². The first kappa shape index (κ1) is 29.6. The Labute approximate surface area is 245 Å². The highest BCUT2D eigenvalue weighted by Gasteiger charge is 2.39. The second-order valence-corrected chi connectivity index (χ2v) is 11.2. The van der Waals surface area contributed by atoms with Crippen LogP contribution in [0, 0.1) is 5.82 Å².